The molecule has 1 fully saturated rings. The van der Waals surface area contributed by atoms with Crippen LogP contribution in [-0.4, -0.2) is 28.8 Å². The van der Waals surface area contributed by atoms with Crippen LogP contribution >= 0.6 is 0 Å². The number of carbonyl (C=O) groups excluding carboxylic acids is 2. The molecular weight excluding hydrogens is 324 g/mol. The van der Waals surface area contributed by atoms with Crippen molar-refractivity contribution in [1.29, 1.82) is 0 Å². The average Bonchev–Trinajstić information content (AvgIpc) is 2.64. The predicted octanol–water partition coefficient (Wildman–Crippen LogP) is 5.04. The highest BCUT2D eigenvalue weighted by Crippen LogP contribution is 2.29. The molecule has 26 heavy (non-hydrogen) atoms. The second-order valence-corrected chi connectivity index (χ2v) is 8.11. The molecule has 0 heterocycles. The van der Waals surface area contributed by atoms with Gasteiger partial charge in [-0.2, -0.15) is 0 Å². The molecule has 0 saturated heterocycles. The van der Waals surface area contributed by atoms with E-state index < -0.39 is 0 Å². The summed E-state index contributed by atoms with van der Waals surface area (Å²) in [6.07, 6.45) is 11.3. The zero-order valence-corrected chi connectivity index (χ0v) is 17.6. The molecule has 0 aromatic rings. The van der Waals surface area contributed by atoms with Crippen LogP contribution < -0.4 is 5.73 Å². The summed E-state index contributed by atoms with van der Waals surface area (Å²) in [5.41, 5.74) is 6.06. The van der Waals surface area contributed by atoms with Gasteiger partial charge in [0.2, 0.25) is 11.8 Å². The largest absolute Gasteiger partial charge is 0.328 e. The fourth-order valence-electron chi connectivity index (χ4n) is 4.13. The van der Waals surface area contributed by atoms with E-state index in [0.717, 1.165) is 77.0 Å². The molecule has 2 N–H and O–H groups in total. The van der Waals surface area contributed by atoms with E-state index in [2.05, 4.69) is 27.7 Å². The number of unbranched alkanes of at least 4 members (excludes halogenated alkanes) is 2. The summed E-state index contributed by atoms with van der Waals surface area (Å²) in [6.45, 7) is 8.46. The van der Waals surface area contributed by atoms with Crippen molar-refractivity contribution in [3.8, 4) is 0 Å². The topological polar surface area (TPSA) is 63.4 Å². The molecule has 4 nitrogen and oxygen atoms in total. The molecule has 1 aliphatic carbocycles. The summed E-state index contributed by atoms with van der Waals surface area (Å²) < 4.78 is 0. The first kappa shape index (κ1) is 23.1. The Kier molecular flexibility index (Phi) is 11.1. The van der Waals surface area contributed by atoms with E-state index >= 15 is 0 Å². The lowest BCUT2D eigenvalue weighted by Crippen LogP contribution is -2.51. The molecule has 1 rings (SSSR count). The number of imide groups is 1. The fraction of sp³-hybridized carbons (Fsp3) is 0.909. The van der Waals surface area contributed by atoms with E-state index in [1.165, 1.54) is 0 Å². The standard InChI is InChI=1S/C22H42N2O2/c1-5-9-11-17(7-3)21(25)24(20-15-13-19(23)14-16-20)22(26)18(8-4)12-10-6-2/h17-20H,5-16,23H2,1-4H3. The smallest absolute Gasteiger partial charge is 0.232 e. The molecule has 1 saturated carbocycles. The third-order valence-electron chi connectivity index (χ3n) is 6.08. The van der Waals surface area contributed by atoms with Gasteiger partial charge in [-0.3, -0.25) is 14.5 Å². The number of carbonyl (C=O) groups is 2. The molecule has 2 unspecified atom stereocenters. The summed E-state index contributed by atoms with van der Waals surface area (Å²) in [5, 5.41) is 0. The monoisotopic (exact) mass is 366 g/mol. The van der Waals surface area contributed by atoms with Gasteiger partial charge in [0, 0.05) is 23.9 Å². The first-order valence-corrected chi connectivity index (χ1v) is 11.1. The number of amides is 2. The van der Waals surface area contributed by atoms with Gasteiger partial charge in [-0.1, -0.05) is 53.4 Å². The lowest BCUT2D eigenvalue weighted by atomic mass is 9.87. The molecule has 1 aliphatic rings. The van der Waals surface area contributed by atoms with Gasteiger partial charge in [0.1, 0.15) is 0 Å². The van der Waals surface area contributed by atoms with Crippen LogP contribution in [0.1, 0.15) is 105 Å². The molecule has 4 heteroatoms. The summed E-state index contributed by atoms with van der Waals surface area (Å²) in [7, 11) is 0. The van der Waals surface area contributed by atoms with Crippen LogP contribution in [0.4, 0.5) is 0 Å². The first-order valence-electron chi connectivity index (χ1n) is 11.1. The second kappa shape index (κ2) is 12.5. The van der Waals surface area contributed by atoms with Gasteiger partial charge >= 0.3 is 0 Å². The van der Waals surface area contributed by atoms with Crippen molar-refractivity contribution in [1.82, 2.24) is 4.90 Å². The highest BCUT2D eigenvalue weighted by molar-refractivity contribution is 5.97. The minimum Gasteiger partial charge on any atom is -0.328 e. The highest BCUT2D eigenvalue weighted by atomic mass is 16.2. The maximum Gasteiger partial charge on any atom is 0.232 e. The van der Waals surface area contributed by atoms with E-state index in [1.54, 1.807) is 4.90 Å². The van der Waals surface area contributed by atoms with E-state index in [0.29, 0.717) is 0 Å². The summed E-state index contributed by atoms with van der Waals surface area (Å²) in [6, 6.07) is 0.281. The maximum absolute atomic E-state index is 13.4. The first-order chi connectivity index (χ1) is 12.5. The molecular formula is C22H42N2O2. The lowest BCUT2D eigenvalue weighted by Gasteiger charge is -2.38. The molecule has 0 spiro atoms. The molecule has 0 aliphatic heterocycles. The van der Waals surface area contributed by atoms with Gasteiger partial charge in [0.25, 0.3) is 0 Å². The van der Waals surface area contributed by atoms with Crippen molar-refractivity contribution in [3.63, 3.8) is 0 Å². The number of hydrogen-bond donors (Lipinski definition) is 1. The van der Waals surface area contributed by atoms with Crippen molar-refractivity contribution >= 4 is 11.8 Å². The Morgan fingerprint density at radius 2 is 1.27 bits per heavy atom. The number of hydrogen-bond acceptors (Lipinski definition) is 3. The SMILES string of the molecule is CCCCC(CC)C(=O)N(C(=O)C(CC)CCCC)C1CCC(N)CC1. The van der Waals surface area contributed by atoms with Crippen LogP contribution in [0, 0.1) is 11.8 Å². The molecule has 152 valence electrons. The Morgan fingerprint density at radius 3 is 1.62 bits per heavy atom. The number of rotatable bonds is 11. The molecule has 2 atom stereocenters. The third kappa shape index (κ3) is 6.68. The van der Waals surface area contributed by atoms with Crippen molar-refractivity contribution in [2.75, 3.05) is 0 Å². The van der Waals surface area contributed by atoms with Crippen molar-refractivity contribution in [2.24, 2.45) is 17.6 Å². The molecule has 2 amide bonds. The van der Waals surface area contributed by atoms with E-state index in [9.17, 15) is 9.59 Å². The van der Waals surface area contributed by atoms with Crippen LogP contribution in [0.5, 0.6) is 0 Å². The van der Waals surface area contributed by atoms with E-state index in [1.807, 2.05) is 0 Å². The maximum atomic E-state index is 13.4. The normalized spacial score (nSPS) is 22.7. The molecule has 0 aromatic heterocycles. The zero-order chi connectivity index (χ0) is 19.5. The quantitative estimate of drug-likeness (QED) is 0.557. The third-order valence-corrected chi connectivity index (χ3v) is 6.08. The van der Waals surface area contributed by atoms with E-state index in [-0.39, 0.29) is 35.7 Å². The Hall–Kier alpha value is -0.900. The average molecular weight is 367 g/mol. The Balaban J connectivity index is 2.99. The van der Waals surface area contributed by atoms with Crippen LogP contribution in [0.15, 0.2) is 0 Å². The van der Waals surface area contributed by atoms with Gasteiger partial charge < -0.3 is 5.73 Å². The van der Waals surface area contributed by atoms with Gasteiger partial charge in [0.15, 0.2) is 0 Å². The minimum atomic E-state index is -0.0156. The second-order valence-electron chi connectivity index (χ2n) is 8.11. The van der Waals surface area contributed by atoms with Crippen LogP contribution in [0.3, 0.4) is 0 Å². The summed E-state index contributed by atoms with van der Waals surface area (Å²) in [4.78, 5) is 28.4. The highest BCUT2D eigenvalue weighted by Gasteiger charge is 2.37. The van der Waals surface area contributed by atoms with Gasteiger partial charge in [0.05, 0.1) is 0 Å². The number of nitrogens with zero attached hydrogens (tertiary/aromatic N) is 1. The lowest BCUT2D eigenvalue weighted by molar-refractivity contribution is -0.154. The summed E-state index contributed by atoms with van der Waals surface area (Å²) >= 11 is 0. The van der Waals surface area contributed by atoms with Crippen molar-refractivity contribution in [2.45, 2.75) is 117 Å². The van der Waals surface area contributed by atoms with Crippen molar-refractivity contribution in [3.05, 3.63) is 0 Å². The van der Waals surface area contributed by atoms with Crippen LogP contribution in [-0.2, 0) is 9.59 Å². The van der Waals surface area contributed by atoms with E-state index in [4.69, 9.17) is 5.73 Å². The molecule has 0 radical (unpaired) electrons. The van der Waals surface area contributed by atoms with Crippen LogP contribution in [0.2, 0.25) is 0 Å². The predicted molar refractivity (Wildman–Crippen MR) is 109 cm³/mol. The van der Waals surface area contributed by atoms with Gasteiger partial charge in [-0.25, -0.2) is 0 Å². The van der Waals surface area contributed by atoms with Crippen LogP contribution in [0.25, 0.3) is 0 Å². The minimum absolute atomic E-state index is 0.0156. The Bertz CT molecular complexity index is 388. The molecule has 0 aromatic carbocycles. The van der Waals surface area contributed by atoms with Gasteiger partial charge in [-0.15, -0.1) is 0 Å². The Labute approximate surface area is 161 Å². The summed E-state index contributed by atoms with van der Waals surface area (Å²) in [5.74, 6) is 0.138. The van der Waals surface area contributed by atoms with Gasteiger partial charge in [-0.05, 0) is 51.4 Å². The number of nitrogens with two attached hydrogens (primary N) is 1. The van der Waals surface area contributed by atoms with Crippen molar-refractivity contribution < 1.29 is 9.59 Å². The fourth-order valence-corrected chi connectivity index (χ4v) is 4.13. The molecule has 0 bridgehead atoms. The Morgan fingerprint density at radius 1 is 0.846 bits per heavy atom. The zero-order valence-electron chi connectivity index (χ0n) is 17.6.